The van der Waals surface area contributed by atoms with Crippen LogP contribution in [0.1, 0.15) is 30.6 Å². The van der Waals surface area contributed by atoms with Crippen LogP contribution < -0.4 is 5.32 Å². The summed E-state index contributed by atoms with van der Waals surface area (Å²) >= 11 is 11.6. The Bertz CT molecular complexity index is 491. The number of carboxylic acid groups (broad SMARTS) is 1. The maximum Gasteiger partial charge on any atom is 0.326 e. The fourth-order valence-electron chi connectivity index (χ4n) is 1.58. The first-order valence-corrected chi connectivity index (χ1v) is 6.61. The van der Waals surface area contributed by atoms with E-state index in [4.69, 9.17) is 28.3 Å². The molecule has 6 heteroatoms. The van der Waals surface area contributed by atoms with Crippen molar-refractivity contribution in [3.05, 3.63) is 33.8 Å². The van der Waals surface area contributed by atoms with Gasteiger partial charge in [0, 0.05) is 5.02 Å². The Morgan fingerprint density at radius 2 is 2.00 bits per heavy atom. The summed E-state index contributed by atoms with van der Waals surface area (Å²) in [5.41, 5.74) is 0.209. The Morgan fingerprint density at radius 3 is 2.47 bits per heavy atom. The lowest BCUT2D eigenvalue weighted by Crippen LogP contribution is -2.45. The maximum atomic E-state index is 12.0. The number of amides is 1. The van der Waals surface area contributed by atoms with Crippen molar-refractivity contribution in [2.24, 2.45) is 5.92 Å². The molecule has 1 unspecified atom stereocenters. The molecule has 104 valence electrons. The van der Waals surface area contributed by atoms with Crippen molar-refractivity contribution in [1.29, 1.82) is 0 Å². The van der Waals surface area contributed by atoms with E-state index in [1.165, 1.54) is 18.2 Å². The van der Waals surface area contributed by atoms with Gasteiger partial charge >= 0.3 is 5.97 Å². The number of benzene rings is 1. The molecule has 1 amide bonds. The van der Waals surface area contributed by atoms with Crippen LogP contribution >= 0.6 is 23.2 Å². The first kappa shape index (κ1) is 15.8. The molecule has 0 aromatic heterocycles. The highest BCUT2D eigenvalue weighted by molar-refractivity contribution is 6.36. The van der Waals surface area contributed by atoms with Crippen molar-refractivity contribution in [3.63, 3.8) is 0 Å². The molecule has 1 aromatic rings. The van der Waals surface area contributed by atoms with Crippen LogP contribution in [0, 0.1) is 5.92 Å². The molecule has 0 fully saturated rings. The van der Waals surface area contributed by atoms with Gasteiger partial charge in [-0.05, 0) is 24.1 Å². The van der Waals surface area contributed by atoms with Gasteiger partial charge in [0.05, 0.1) is 10.6 Å². The molecule has 0 spiro atoms. The smallest absolute Gasteiger partial charge is 0.326 e. The number of hydrogen-bond donors (Lipinski definition) is 2. The van der Waals surface area contributed by atoms with Gasteiger partial charge < -0.3 is 10.4 Å². The van der Waals surface area contributed by atoms with E-state index in [1.807, 2.05) is 6.92 Å². The molecule has 0 aliphatic carbocycles. The SMILES string of the molecule is CCC(C)[C@H](NC(=O)c1ccc(Cl)cc1Cl)C(=O)O. The van der Waals surface area contributed by atoms with Gasteiger partial charge in [-0.3, -0.25) is 4.79 Å². The van der Waals surface area contributed by atoms with E-state index in [9.17, 15) is 9.59 Å². The Balaban J connectivity index is 2.91. The zero-order valence-corrected chi connectivity index (χ0v) is 12.1. The summed E-state index contributed by atoms with van der Waals surface area (Å²) in [4.78, 5) is 23.1. The number of halogens is 2. The third-order valence-electron chi connectivity index (χ3n) is 2.94. The molecular formula is C13H15Cl2NO3. The van der Waals surface area contributed by atoms with Crippen LogP contribution in [0.25, 0.3) is 0 Å². The molecule has 0 bridgehead atoms. The summed E-state index contributed by atoms with van der Waals surface area (Å²) in [6.07, 6.45) is 0.644. The Hall–Kier alpha value is -1.26. The van der Waals surface area contributed by atoms with E-state index < -0.39 is 17.9 Å². The summed E-state index contributed by atoms with van der Waals surface area (Å²) in [6.45, 7) is 3.63. The number of aliphatic carboxylic acids is 1. The van der Waals surface area contributed by atoms with Gasteiger partial charge in [-0.1, -0.05) is 43.5 Å². The highest BCUT2D eigenvalue weighted by Gasteiger charge is 2.26. The molecule has 0 saturated heterocycles. The van der Waals surface area contributed by atoms with Crippen molar-refractivity contribution in [2.45, 2.75) is 26.3 Å². The van der Waals surface area contributed by atoms with E-state index >= 15 is 0 Å². The van der Waals surface area contributed by atoms with Crippen LogP contribution in [-0.4, -0.2) is 23.0 Å². The summed E-state index contributed by atoms with van der Waals surface area (Å²) in [5.74, 6) is -1.75. The lowest BCUT2D eigenvalue weighted by molar-refractivity contribution is -0.140. The van der Waals surface area contributed by atoms with E-state index in [2.05, 4.69) is 5.32 Å². The van der Waals surface area contributed by atoms with E-state index in [0.717, 1.165) is 0 Å². The Kier molecular flexibility index (Phi) is 5.63. The monoisotopic (exact) mass is 303 g/mol. The molecule has 4 nitrogen and oxygen atoms in total. The third-order valence-corrected chi connectivity index (χ3v) is 3.49. The van der Waals surface area contributed by atoms with Gasteiger partial charge in [-0.2, -0.15) is 0 Å². The first-order valence-electron chi connectivity index (χ1n) is 5.85. The second-order valence-corrected chi connectivity index (χ2v) is 5.14. The molecule has 0 radical (unpaired) electrons. The molecule has 19 heavy (non-hydrogen) atoms. The minimum Gasteiger partial charge on any atom is -0.480 e. The summed E-state index contributed by atoms with van der Waals surface area (Å²) < 4.78 is 0. The van der Waals surface area contributed by atoms with E-state index in [-0.39, 0.29) is 16.5 Å². The summed E-state index contributed by atoms with van der Waals surface area (Å²) in [6, 6.07) is 3.50. The van der Waals surface area contributed by atoms with Crippen molar-refractivity contribution >= 4 is 35.1 Å². The van der Waals surface area contributed by atoms with Crippen molar-refractivity contribution < 1.29 is 14.7 Å². The average molecular weight is 304 g/mol. The normalized spacial score (nSPS) is 13.7. The maximum absolute atomic E-state index is 12.0. The molecule has 1 rings (SSSR count). The minimum absolute atomic E-state index is 0.174. The van der Waals surface area contributed by atoms with E-state index in [1.54, 1.807) is 6.92 Å². The molecule has 0 aliphatic rings. The number of rotatable bonds is 5. The van der Waals surface area contributed by atoms with Gasteiger partial charge in [0.2, 0.25) is 0 Å². The molecule has 0 heterocycles. The second kappa shape index (κ2) is 6.78. The standard InChI is InChI=1S/C13H15Cl2NO3/c1-3-7(2)11(13(18)19)16-12(17)9-5-4-8(14)6-10(9)15/h4-7,11H,3H2,1-2H3,(H,16,17)(H,18,19)/t7?,11-/m0/s1. The average Bonchev–Trinajstić information content (AvgIpc) is 2.34. The quantitative estimate of drug-likeness (QED) is 0.877. The topological polar surface area (TPSA) is 66.4 Å². The number of hydrogen-bond acceptors (Lipinski definition) is 2. The Labute approximate surface area is 121 Å². The highest BCUT2D eigenvalue weighted by Crippen LogP contribution is 2.21. The molecule has 0 aliphatic heterocycles. The Morgan fingerprint density at radius 1 is 1.37 bits per heavy atom. The number of nitrogens with one attached hydrogen (secondary N) is 1. The number of carbonyl (C=O) groups excluding carboxylic acids is 1. The molecule has 1 aromatic carbocycles. The lowest BCUT2D eigenvalue weighted by atomic mass is 9.99. The fraction of sp³-hybridized carbons (Fsp3) is 0.385. The summed E-state index contributed by atoms with van der Waals surface area (Å²) in [5, 5.41) is 12.2. The fourth-order valence-corrected chi connectivity index (χ4v) is 2.07. The van der Waals surface area contributed by atoms with Crippen LogP contribution in [-0.2, 0) is 4.79 Å². The molecular weight excluding hydrogens is 289 g/mol. The van der Waals surface area contributed by atoms with Crippen LogP contribution in [0.15, 0.2) is 18.2 Å². The molecule has 0 saturated carbocycles. The predicted molar refractivity (Wildman–Crippen MR) is 74.8 cm³/mol. The van der Waals surface area contributed by atoms with Crippen molar-refractivity contribution in [1.82, 2.24) is 5.32 Å². The molecule has 2 atom stereocenters. The van der Waals surface area contributed by atoms with Crippen molar-refractivity contribution in [3.8, 4) is 0 Å². The van der Waals surface area contributed by atoms with Crippen molar-refractivity contribution in [2.75, 3.05) is 0 Å². The predicted octanol–water partition coefficient (Wildman–Crippen LogP) is 3.22. The highest BCUT2D eigenvalue weighted by atomic mass is 35.5. The third kappa shape index (κ3) is 4.11. The largest absolute Gasteiger partial charge is 0.480 e. The van der Waals surface area contributed by atoms with E-state index in [0.29, 0.717) is 11.4 Å². The zero-order valence-electron chi connectivity index (χ0n) is 10.6. The second-order valence-electron chi connectivity index (χ2n) is 4.30. The van der Waals surface area contributed by atoms with Gasteiger partial charge in [0.1, 0.15) is 6.04 Å². The van der Waals surface area contributed by atoms with Gasteiger partial charge in [0.25, 0.3) is 5.91 Å². The van der Waals surface area contributed by atoms with Crippen LogP contribution in [0.4, 0.5) is 0 Å². The first-order chi connectivity index (χ1) is 8.86. The lowest BCUT2D eigenvalue weighted by Gasteiger charge is -2.20. The zero-order chi connectivity index (χ0) is 14.6. The number of carbonyl (C=O) groups is 2. The van der Waals surface area contributed by atoms with Gasteiger partial charge in [0.15, 0.2) is 0 Å². The van der Waals surface area contributed by atoms with Gasteiger partial charge in [-0.15, -0.1) is 0 Å². The van der Waals surface area contributed by atoms with Crippen LogP contribution in [0.3, 0.4) is 0 Å². The minimum atomic E-state index is -1.06. The van der Waals surface area contributed by atoms with Crippen LogP contribution in [0.2, 0.25) is 10.0 Å². The number of carboxylic acids is 1. The van der Waals surface area contributed by atoms with Gasteiger partial charge in [-0.25, -0.2) is 4.79 Å². The summed E-state index contributed by atoms with van der Waals surface area (Å²) in [7, 11) is 0. The molecule has 2 N–H and O–H groups in total. The van der Waals surface area contributed by atoms with Crippen LogP contribution in [0.5, 0.6) is 0 Å².